The van der Waals surface area contributed by atoms with E-state index >= 15 is 0 Å². The zero-order valence-electron chi connectivity index (χ0n) is 44.8. The molecule has 0 aromatic rings. The Morgan fingerprint density at radius 1 is 0.304 bits per heavy atom. The van der Waals surface area contributed by atoms with Gasteiger partial charge in [-0.25, -0.2) is 0 Å². The molecule has 0 rings (SSSR count). The van der Waals surface area contributed by atoms with E-state index in [2.05, 4.69) is 130 Å². The maximum Gasteiger partial charge on any atom is 0.306 e. The second-order valence-corrected chi connectivity index (χ2v) is 18.4. The lowest BCUT2D eigenvalue weighted by Crippen LogP contribution is -2.30. The smallest absolute Gasteiger partial charge is 0.306 e. The van der Waals surface area contributed by atoms with Gasteiger partial charge in [0.15, 0.2) is 6.10 Å². The molecular weight excluding hydrogens is 853 g/mol. The first kappa shape index (κ1) is 65.1. The van der Waals surface area contributed by atoms with Crippen LogP contribution in [0.15, 0.2) is 109 Å². The Morgan fingerprint density at radius 2 is 0.565 bits per heavy atom. The minimum atomic E-state index is -0.807. The van der Waals surface area contributed by atoms with Gasteiger partial charge in [-0.05, 0) is 122 Å². The van der Waals surface area contributed by atoms with E-state index in [9.17, 15) is 14.4 Å². The summed E-state index contributed by atoms with van der Waals surface area (Å²) >= 11 is 0. The second-order valence-electron chi connectivity index (χ2n) is 18.4. The molecule has 0 N–H and O–H groups in total. The van der Waals surface area contributed by atoms with Crippen molar-refractivity contribution in [3.63, 3.8) is 0 Å². The summed E-state index contributed by atoms with van der Waals surface area (Å²) in [5, 5.41) is 0. The minimum absolute atomic E-state index is 0.101. The van der Waals surface area contributed by atoms with Gasteiger partial charge in [-0.2, -0.15) is 0 Å². The Bertz CT molecular complexity index is 1420. The molecule has 392 valence electrons. The molecule has 6 nitrogen and oxygen atoms in total. The van der Waals surface area contributed by atoms with Crippen LogP contribution in [-0.2, 0) is 28.6 Å². The molecule has 1 atom stereocenters. The van der Waals surface area contributed by atoms with E-state index < -0.39 is 6.10 Å². The van der Waals surface area contributed by atoms with Crippen molar-refractivity contribution >= 4 is 17.9 Å². The highest BCUT2D eigenvalue weighted by Crippen LogP contribution is 2.14. The molecule has 1 unspecified atom stereocenters. The summed E-state index contributed by atoms with van der Waals surface area (Å²) < 4.78 is 16.8. The van der Waals surface area contributed by atoms with Crippen molar-refractivity contribution < 1.29 is 28.6 Å². The molecule has 0 saturated carbocycles. The first-order valence-corrected chi connectivity index (χ1v) is 28.4. The van der Waals surface area contributed by atoms with Crippen LogP contribution in [0.5, 0.6) is 0 Å². The maximum absolute atomic E-state index is 12.8. The molecule has 0 heterocycles. The van der Waals surface area contributed by atoms with E-state index in [0.717, 1.165) is 141 Å². The Balaban J connectivity index is 4.48. The lowest BCUT2D eigenvalue weighted by atomic mass is 10.1. The fourth-order valence-corrected chi connectivity index (χ4v) is 7.54. The van der Waals surface area contributed by atoms with Crippen molar-refractivity contribution in [2.24, 2.45) is 0 Å². The lowest BCUT2D eigenvalue weighted by molar-refractivity contribution is -0.167. The third-order valence-electron chi connectivity index (χ3n) is 11.7. The molecule has 0 aromatic carbocycles. The first-order valence-electron chi connectivity index (χ1n) is 28.4. The van der Waals surface area contributed by atoms with Crippen LogP contribution in [0.4, 0.5) is 0 Å². The van der Waals surface area contributed by atoms with Gasteiger partial charge in [0.2, 0.25) is 0 Å². The summed E-state index contributed by atoms with van der Waals surface area (Å²) in [6.45, 7) is 6.37. The SMILES string of the molecule is CC/C=C\C/C=C\C/C=C\C/C=C\CCCCCCCCC(=O)OCC(COC(=O)CCCCCCC/C=C\CCCCCCCCC)OC(=O)CCCCC/C=C\C/C=C\C/C=C\C/C=C\CC. The summed E-state index contributed by atoms with van der Waals surface area (Å²) in [5.41, 5.74) is 0. The molecule has 0 fully saturated rings. The fourth-order valence-electron chi connectivity index (χ4n) is 7.54. The highest BCUT2D eigenvalue weighted by atomic mass is 16.6. The average Bonchev–Trinajstić information content (AvgIpc) is 3.35. The Hall–Kier alpha value is -3.93. The zero-order valence-corrected chi connectivity index (χ0v) is 44.8. The van der Waals surface area contributed by atoms with Gasteiger partial charge >= 0.3 is 17.9 Å². The van der Waals surface area contributed by atoms with E-state index in [4.69, 9.17) is 14.2 Å². The van der Waals surface area contributed by atoms with Crippen molar-refractivity contribution in [3.05, 3.63) is 109 Å². The molecule has 0 bridgehead atoms. The highest BCUT2D eigenvalue weighted by molar-refractivity contribution is 5.71. The average molecular weight is 958 g/mol. The van der Waals surface area contributed by atoms with Crippen LogP contribution < -0.4 is 0 Å². The topological polar surface area (TPSA) is 78.9 Å². The Labute approximate surface area is 425 Å². The monoisotopic (exact) mass is 957 g/mol. The molecule has 0 aliphatic carbocycles. The van der Waals surface area contributed by atoms with Gasteiger partial charge in [-0.15, -0.1) is 0 Å². The number of hydrogen-bond donors (Lipinski definition) is 0. The first-order chi connectivity index (χ1) is 34.0. The number of unbranched alkanes of at least 4 members (excludes halogenated alkanes) is 21. The van der Waals surface area contributed by atoms with Crippen molar-refractivity contribution in [2.45, 2.75) is 258 Å². The van der Waals surface area contributed by atoms with Gasteiger partial charge in [0.05, 0.1) is 0 Å². The van der Waals surface area contributed by atoms with Crippen LogP contribution >= 0.6 is 0 Å². The summed E-state index contributed by atoms with van der Waals surface area (Å²) in [6.07, 6.45) is 76.4. The highest BCUT2D eigenvalue weighted by Gasteiger charge is 2.19. The number of allylic oxidation sites excluding steroid dienone is 18. The molecule has 0 aromatic heterocycles. The third kappa shape index (κ3) is 54.9. The van der Waals surface area contributed by atoms with E-state index in [1.807, 2.05) is 0 Å². The molecule has 0 saturated heterocycles. The molecule has 69 heavy (non-hydrogen) atoms. The quantitative estimate of drug-likeness (QED) is 0.0262. The van der Waals surface area contributed by atoms with Crippen molar-refractivity contribution in [1.82, 2.24) is 0 Å². The molecule has 0 amide bonds. The second kappa shape index (κ2) is 56.7. The molecule has 0 spiro atoms. The molecule has 0 aliphatic rings. The van der Waals surface area contributed by atoms with Crippen LogP contribution in [-0.4, -0.2) is 37.2 Å². The van der Waals surface area contributed by atoms with Crippen molar-refractivity contribution in [2.75, 3.05) is 13.2 Å². The van der Waals surface area contributed by atoms with Gasteiger partial charge in [0, 0.05) is 19.3 Å². The van der Waals surface area contributed by atoms with Gasteiger partial charge in [0.1, 0.15) is 13.2 Å². The molecule has 6 heteroatoms. The summed E-state index contributed by atoms with van der Waals surface area (Å²) in [6, 6.07) is 0. The van der Waals surface area contributed by atoms with Gasteiger partial charge in [-0.1, -0.05) is 220 Å². The summed E-state index contributed by atoms with van der Waals surface area (Å²) in [4.78, 5) is 38.2. The summed E-state index contributed by atoms with van der Waals surface area (Å²) in [7, 11) is 0. The Kier molecular flexibility index (Phi) is 53.4. The van der Waals surface area contributed by atoms with E-state index in [1.54, 1.807) is 0 Å². The molecule has 0 radical (unpaired) electrons. The molecular formula is C63H104O6. The number of ether oxygens (including phenoxy) is 3. The normalized spacial score (nSPS) is 12.9. The number of carbonyl (C=O) groups excluding carboxylic acids is 3. The molecule has 0 aliphatic heterocycles. The van der Waals surface area contributed by atoms with E-state index in [1.165, 1.54) is 70.6 Å². The predicted molar refractivity (Wildman–Crippen MR) is 297 cm³/mol. The Morgan fingerprint density at radius 3 is 0.913 bits per heavy atom. The standard InChI is InChI=1S/C63H104O6/c1-4-7-10-13-16-19-22-25-28-31-32-33-36-38-41-44-47-50-53-56-62(65)68-59-60(69-63(66)57-54-51-48-45-42-39-35-30-27-24-21-18-15-12-9-6-3)58-67-61(64)55-52-49-46-43-40-37-34-29-26-23-20-17-14-11-8-5-2/h7,9-10,12,16,18-19,21,25,27-30,32-34,39,42,60H,4-6,8,11,13-15,17,20,22-24,26,31,35-38,40-41,43-59H2,1-3H3/b10-7-,12-9-,19-16-,21-18-,28-25-,30-27-,33-32-,34-29-,42-39-. The van der Waals surface area contributed by atoms with Crippen molar-refractivity contribution in [1.29, 1.82) is 0 Å². The lowest BCUT2D eigenvalue weighted by Gasteiger charge is -2.18. The third-order valence-corrected chi connectivity index (χ3v) is 11.7. The number of rotatable bonds is 50. The van der Waals surface area contributed by atoms with E-state index in [-0.39, 0.29) is 37.5 Å². The van der Waals surface area contributed by atoms with Gasteiger partial charge in [-0.3, -0.25) is 14.4 Å². The van der Waals surface area contributed by atoms with E-state index in [0.29, 0.717) is 12.8 Å². The number of carbonyl (C=O) groups is 3. The number of esters is 3. The predicted octanol–water partition coefficient (Wildman–Crippen LogP) is 19.1. The summed E-state index contributed by atoms with van der Waals surface area (Å²) in [5.74, 6) is -0.955. The zero-order chi connectivity index (χ0) is 50.0. The fraction of sp³-hybridized carbons (Fsp3) is 0.667. The van der Waals surface area contributed by atoms with Crippen LogP contribution in [0.2, 0.25) is 0 Å². The largest absolute Gasteiger partial charge is 0.462 e. The maximum atomic E-state index is 12.8. The van der Waals surface area contributed by atoms with Crippen LogP contribution in [0.3, 0.4) is 0 Å². The minimum Gasteiger partial charge on any atom is -0.462 e. The van der Waals surface area contributed by atoms with Crippen LogP contribution in [0.25, 0.3) is 0 Å². The number of hydrogen-bond acceptors (Lipinski definition) is 6. The van der Waals surface area contributed by atoms with Crippen LogP contribution in [0, 0.1) is 0 Å². The van der Waals surface area contributed by atoms with Crippen LogP contribution in [0.1, 0.15) is 252 Å². The van der Waals surface area contributed by atoms with Crippen molar-refractivity contribution in [3.8, 4) is 0 Å². The van der Waals surface area contributed by atoms with Gasteiger partial charge in [0.25, 0.3) is 0 Å². The van der Waals surface area contributed by atoms with Gasteiger partial charge < -0.3 is 14.2 Å².